The number of hydrogen-bond acceptors (Lipinski definition) is 5. The molecular weight excluding hydrogens is 1830 g/mol. The van der Waals surface area contributed by atoms with E-state index in [0.29, 0.717) is 0 Å². The molecule has 15 aromatic rings. The summed E-state index contributed by atoms with van der Waals surface area (Å²) < 4.78 is 2.70. The van der Waals surface area contributed by atoms with Gasteiger partial charge in [0.2, 0.25) is 0 Å². The number of nitrogens with zero attached hydrogens (tertiary/aromatic N) is 4. The summed E-state index contributed by atoms with van der Waals surface area (Å²) in [5.74, 6) is 0. The summed E-state index contributed by atoms with van der Waals surface area (Å²) in [7, 11) is 0. The molecule has 0 radical (unpaired) electrons. The predicted octanol–water partition coefficient (Wildman–Crippen LogP) is 36.5. The number of thiophene rings is 1. The van der Waals surface area contributed by atoms with E-state index in [1.165, 1.54) is 272 Å². The van der Waals surface area contributed by atoms with E-state index < -0.39 is 5.41 Å². The number of fused-ring (bicyclic) bond motifs is 30. The molecule has 0 spiro atoms. The van der Waals surface area contributed by atoms with Crippen molar-refractivity contribution in [3.8, 4) is 55.6 Å². The third kappa shape index (κ3) is 12.7. The number of aryl methyl sites for hydroxylation is 2. The molecule has 13 aliphatic rings. The maximum Gasteiger partial charge on any atom is 0.333 e. The second-order valence-electron chi connectivity index (χ2n) is 58.5. The first-order valence-electron chi connectivity index (χ1n) is 57.6. The van der Waals surface area contributed by atoms with Gasteiger partial charge in [0.25, 0.3) is 0 Å². The summed E-state index contributed by atoms with van der Waals surface area (Å²) in [5, 5.41) is 2.75. The van der Waals surface area contributed by atoms with Crippen molar-refractivity contribution in [2.45, 2.75) is 379 Å². The fraction of sp³-hybridized carbons (Fsp3) is 0.413. The first-order valence-corrected chi connectivity index (χ1v) is 58.5. The second kappa shape index (κ2) is 30.2. The molecule has 0 saturated heterocycles. The molecule has 14 aromatic carbocycles. The summed E-state index contributed by atoms with van der Waals surface area (Å²) in [6.45, 7) is 76.3. The summed E-state index contributed by atoms with van der Waals surface area (Å²) in [6, 6.07) is 92.8. The predicted molar refractivity (Wildman–Crippen MR) is 645 cm³/mol. The van der Waals surface area contributed by atoms with Gasteiger partial charge in [-0.2, -0.15) is 0 Å². The summed E-state index contributed by atoms with van der Waals surface area (Å²) in [5.41, 5.74) is 60.4. The van der Waals surface area contributed by atoms with E-state index >= 15 is 0 Å². The molecule has 1 aromatic heterocycles. The van der Waals surface area contributed by atoms with E-state index in [1.807, 2.05) is 11.3 Å². The van der Waals surface area contributed by atoms with Gasteiger partial charge in [-0.25, -0.2) is 0 Å². The zero-order valence-corrected chi connectivity index (χ0v) is 96.4. The van der Waals surface area contributed by atoms with Gasteiger partial charge in [-0.15, -0.1) is 11.3 Å². The summed E-state index contributed by atoms with van der Waals surface area (Å²) in [6.07, 6.45) is 15.5. The average molecular weight is 1980 g/mol. The second-order valence-corrected chi connectivity index (χ2v) is 59.6. The Bertz CT molecular complexity index is 8600. The molecule has 150 heavy (non-hydrogen) atoms. The standard InChI is InChI=1S/C143H154B2N4S/c1-81-69-99-105(135(15,16)61-57-130(99,5)6)76-112(81)146-111-53-54-118-121(88-42-34-38-46-117(88)150-118)125(111)145-126-116(146)80-109-119(122(126)92-75-104-108(138(21,22)64-60-134(104,13)14)79-115(92)149(145)84-47-49-96-101(71-84)132(9,10)56-55-129(96,3)4)87-41-33-37-45-95(87)143(109,30)68-67-142(29)66-65-139(23,24)102-72-83(48-50-97(102)142)148-114-78-107-103(133(11,12)59-63-137(107,19)20)74-89(114)91-73-90-85-39-31-35-43-93(85)141(27,28)123(90)128-124(91)144(148)110-52-51-98-120(86-40-32-36-44-94(86)140(98,25)26)127(110)147(128)113-77-106-100(70-82(113)2)131(7,8)58-62-136(106,17)18/h31-54,69-80H,55-68H2,1-30H3. The lowest BCUT2D eigenvalue weighted by molar-refractivity contribution is 0.277. The Morgan fingerprint density at radius 2 is 0.667 bits per heavy atom. The highest BCUT2D eigenvalue weighted by Crippen LogP contribution is 2.69. The van der Waals surface area contributed by atoms with Crippen LogP contribution in [0.15, 0.2) is 218 Å². The zero-order chi connectivity index (χ0) is 105. The maximum atomic E-state index is 2.98. The molecule has 2 unspecified atom stereocenters. The minimum atomic E-state index is -0.439. The minimum absolute atomic E-state index is 0.0217. The van der Waals surface area contributed by atoms with Crippen molar-refractivity contribution in [1.29, 1.82) is 0 Å². The monoisotopic (exact) mass is 1980 g/mol. The Morgan fingerprint density at radius 3 is 1.23 bits per heavy atom. The van der Waals surface area contributed by atoms with Gasteiger partial charge in [0, 0.05) is 93.5 Å². The van der Waals surface area contributed by atoms with Crippen LogP contribution in [-0.4, -0.2) is 13.7 Å². The lowest BCUT2D eigenvalue weighted by atomic mass is 9.42. The van der Waals surface area contributed by atoms with Crippen LogP contribution in [0.4, 0.5) is 56.9 Å². The highest BCUT2D eigenvalue weighted by Gasteiger charge is 2.60. The molecule has 4 aliphatic heterocycles. The molecule has 0 N–H and O–H groups in total. The van der Waals surface area contributed by atoms with Crippen LogP contribution in [0.5, 0.6) is 0 Å². The third-order valence-corrected chi connectivity index (χ3v) is 44.7. The molecule has 4 nitrogen and oxygen atoms in total. The maximum absolute atomic E-state index is 2.98. The smallest absolute Gasteiger partial charge is 0.333 e. The number of benzene rings is 14. The van der Waals surface area contributed by atoms with Gasteiger partial charge in [-0.1, -0.05) is 321 Å². The van der Waals surface area contributed by atoms with Crippen molar-refractivity contribution in [3.63, 3.8) is 0 Å². The van der Waals surface area contributed by atoms with Crippen LogP contribution in [0.3, 0.4) is 0 Å². The lowest BCUT2D eigenvalue weighted by Crippen LogP contribution is -2.62. The van der Waals surface area contributed by atoms with Gasteiger partial charge in [0.05, 0.1) is 5.69 Å². The number of rotatable bonds is 7. The van der Waals surface area contributed by atoms with Gasteiger partial charge in [0.15, 0.2) is 0 Å². The average Bonchev–Trinajstić information content (AvgIpc) is 1.40. The molecule has 758 valence electrons. The normalized spacial score (nSPS) is 22.7. The first kappa shape index (κ1) is 95.7. The van der Waals surface area contributed by atoms with Crippen molar-refractivity contribution in [3.05, 3.63) is 330 Å². The van der Waals surface area contributed by atoms with Crippen LogP contribution in [0.25, 0.3) is 75.8 Å². The van der Waals surface area contributed by atoms with Gasteiger partial charge in [-0.3, -0.25) is 0 Å². The Kier molecular flexibility index (Phi) is 19.3. The Balaban J connectivity index is 0.679. The molecule has 0 amide bonds. The van der Waals surface area contributed by atoms with Gasteiger partial charge < -0.3 is 19.4 Å². The Labute approximate surface area is 900 Å². The van der Waals surface area contributed by atoms with E-state index in [4.69, 9.17) is 0 Å². The van der Waals surface area contributed by atoms with Gasteiger partial charge >= 0.3 is 13.7 Å². The zero-order valence-electron chi connectivity index (χ0n) is 95.5. The van der Waals surface area contributed by atoms with Crippen LogP contribution in [0, 0.1) is 13.8 Å². The molecule has 0 saturated carbocycles. The van der Waals surface area contributed by atoms with Crippen LogP contribution in [0.2, 0.25) is 0 Å². The van der Waals surface area contributed by atoms with E-state index in [9.17, 15) is 0 Å². The minimum Gasteiger partial charge on any atom is -0.376 e. The van der Waals surface area contributed by atoms with Gasteiger partial charge in [0.1, 0.15) is 0 Å². The molecule has 9 aliphatic carbocycles. The van der Waals surface area contributed by atoms with Crippen LogP contribution in [-0.2, 0) is 81.2 Å². The highest BCUT2D eigenvalue weighted by molar-refractivity contribution is 7.26. The third-order valence-electron chi connectivity index (χ3n) is 43.6. The topological polar surface area (TPSA) is 13.0 Å². The molecule has 7 heteroatoms. The Morgan fingerprint density at radius 1 is 0.247 bits per heavy atom. The van der Waals surface area contributed by atoms with Crippen molar-refractivity contribution in [2.75, 3.05) is 19.4 Å². The van der Waals surface area contributed by atoms with E-state index in [-0.39, 0.29) is 89.5 Å². The van der Waals surface area contributed by atoms with E-state index in [0.717, 1.165) is 83.5 Å². The van der Waals surface area contributed by atoms with Crippen molar-refractivity contribution < 1.29 is 0 Å². The van der Waals surface area contributed by atoms with E-state index in [2.05, 4.69) is 446 Å². The number of hydrogen-bond donors (Lipinski definition) is 0. The van der Waals surface area contributed by atoms with E-state index in [1.54, 1.807) is 0 Å². The van der Waals surface area contributed by atoms with Crippen molar-refractivity contribution in [2.24, 2.45) is 0 Å². The van der Waals surface area contributed by atoms with Crippen LogP contribution >= 0.6 is 11.3 Å². The Hall–Kier alpha value is -11.4. The van der Waals surface area contributed by atoms with Crippen LogP contribution < -0.4 is 41.3 Å². The van der Waals surface area contributed by atoms with Gasteiger partial charge in [-0.05, 0) is 443 Å². The molecule has 5 heterocycles. The molecule has 0 bridgehead atoms. The molecule has 28 rings (SSSR count). The van der Waals surface area contributed by atoms with Crippen molar-refractivity contribution >= 4 is 124 Å². The molecule has 0 fully saturated rings. The SMILES string of the molecule is Cc1cc2c(cc1N1c3cc4c(c5c3B(c3c1ccc1sc6ccccc6c31)N(c1ccc3c(c1)C(C)(C)CCC3(C)C)c1cc3c(cc1-5)C(C)(C)CCC3(C)C)-c1ccccc1C4(C)CCC1(C)CCC(C)(C)c3cc(N4B5c6ccc7c(c6N(c6cc8c(cc6C)C(C)(C)CCC8(C)C)c6c5c(cc5c6C(C)(C)c6ccccc6-5)-c5cc6c(cc54)C(C)(C)CCC6(C)C)-c4ccccc4C7(C)C)ccc31)C(C)(C)CCC2(C)C. The summed E-state index contributed by atoms with van der Waals surface area (Å²) in [4.78, 5) is 11.8. The number of anilines is 10. The van der Waals surface area contributed by atoms with Crippen molar-refractivity contribution in [1.82, 2.24) is 0 Å². The lowest BCUT2D eigenvalue weighted by Gasteiger charge is -2.51. The first-order chi connectivity index (χ1) is 70.6. The highest BCUT2D eigenvalue weighted by atomic mass is 32.1. The largest absolute Gasteiger partial charge is 0.376 e. The summed E-state index contributed by atoms with van der Waals surface area (Å²) >= 11 is 1.98. The fourth-order valence-corrected chi connectivity index (χ4v) is 34.6. The fourth-order valence-electron chi connectivity index (χ4n) is 33.4. The molecular formula is C143H154B2N4S. The molecule has 2 atom stereocenters. The quantitative estimate of drug-likeness (QED) is 0.147. The van der Waals surface area contributed by atoms with Crippen LogP contribution in [0.1, 0.15) is 395 Å².